The summed E-state index contributed by atoms with van der Waals surface area (Å²) >= 11 is 3.49. The van der Waals surface area contributed by atoms with Gasteiger partial charge in [0.2, 0.25) is 0 Å². The zero-order valence-electron chi connectivity index (χ0n) is 11.4. The molecule has 1 N–H and O–H groups in total. The van der Waals surface area contributed by atoms with Crippen molar-refractivity contribution in [3.05, 3.63) is 76.8 Å². The van der Waals surface area contributed by atoms with Gasteiger partial charge >= 0.3 is 0 Å². The minimum absolute atomic E-state index is 0.636. The van der Waals surface area contributed by atoms with Gasteiger partial charge in [0, 0.05) is 15.7 Å². The molecule has 0 amide bonds. The standard InChI is InChI=1S/C19H14BrN/c20-18-10-8-17-14-19(11-9-16(17)13-18)21-12-4-7-15-5-2-1-3-6-15/h1-3,5-6,8-11,13-14,21H,12H2. The third-order valence-electron chi connectivity index (χ3n) is 3.19. The average Bonchev–Trinajstić information content (AvgIpc) is 2.52. The van der Waals surface area contributed by atoms with Crippen LogP contribution in [0.1, 0.15) is 5.56 Å². The Morgan fingerprint density at radius 3 is 2.48 bits per heavy atom. The predicted molar refractivity (Wildman–Crippen MR) is 93.5 cm³/mol. The van der Waals surface area contributed by atoms with E-state index in [2.05, 4.69) is 69.5 Å². The molecule has 3 aromatic carbocycles. The minimum atomic E-state index is 0.636. The van der Waals surface area contributed by atoms with Gasteiger partial charge in [-0.05, 0) is 47.2 Å². The third kappa shape index (κ3) is 3.65. The second kappa shape index (κ2) is 6.47. The summed E-state index contributed by atoms with van der Waals surface area (Å²) in [6, 6.07) is 22.7. The Labute approximate surface area is 133 Å². The molecule has 3 rings (SSSR count). The summed E-state index contributed by atoms with van der Waals surface area (Å²) in [5.41, 5.74) is 2.13. The molecule has 21 heavy (non-hydrogen) atoms. The van der Waals surface area contributed by atoms with Crippen molar-refractivity contribution in [2.24, 2.45) is 0 Å². The quantitative estimate of drug-likeness (QED) is 0.645. The number of halogens is 1. The molecule has 0 heterocycles. The molecule has 0 bridgehead atoms. The van der Waals surface area contributed by atoms with Crippen molar-refractivity contribution in [1.29, 1.82) is 0 Å². The van der Waals surface area contributed by atoms with Gasteiger partial charge < -0.3 is 5.32 Å². The molecule has 0 aliphatic rings. The van der Waals surface area contributed by atoms with Gasteiger partial charge in [0.15, 0.2) is 0 Å². The molecule has 1 nitrogen and oxygen atoms in total. The summed E-state index contributed by atoms with van der Waals surface area (Å²) in [6.07, 6.45) is 0. The fraction of sp³-hybridized carbons (Fsp3) is 0.0526. The maximum absolute atomic E-state index is 3.49. The van der Waals surface area contributed by atoms with Gasteiger partial charge in [-0.1, -0.05) is 58.1 Å². The second-order valence-electron chi connectivity index (χ2n) is 4.73. The maximum atomic E-state index is 3.49. The summed E-state index contributed by atoms with van der Waals surface area (Å²) in [4.78, 5) is 0. The fourth-order valence-electron chi connectivity index (χ4n) is 2.14. The van der Waals surface area contributed by atoms with Gasteiger partial charge in [0.1, 0.15) is 0 Å². The Bertz CT molecular complexity index is 813. The molecular formula is C19H14BrN. The molecule has 0 saturated heterocycles. The van der Waals surface area contributed by atoms with Crippen molar-refractivity contribution in [1.82, 2.24) is 0 Å². The van der Waals surface area contributed by atoms with Gasteiger partial charge in [-0.25, -0.2) is 0 Å². The number of hydrogen-bond donors (Lipinski definition) is 1. The Hall–Kier alpha value is -2.24. The van der Waals surface area contributed by atoms with E-state index >= 15 is 0 Å². The molecule has 0 fully saturated rings. The zero-order valence-corrected chi connectivity index (χ0v) is 13.0. The number of rotatable bonds is 2. The van der Waals surface area contributed by atoms with E-state index in [9.17, 15) is 0 Å². The molecule has 2 heteroatoms. The van der Waals surface area contributed by atoms with Crippen LogP contribution in [0.3, 0.4) is 0 Å². The fourth-order valence-corrected chi connectivity index (χ4v) is 2.52. The van der Waals surface area contributed by atoms with Crippen LogP contribution in [-0.4, -0.2) is 6.54 Å². The van der Waals surface area contributed by atoms with Crippen LogP contribution < -0.4 is 5.32 Å². The highest BCUT2D eigenvalue weighted by Crippen LogP contribution is 2.22. The van der Waals surface area contributed by atoms with E-state index in [1.165, 1.54) is 10.8 Å². The lowest BCUT2D eigenvalue weighted by molar-refractivity contribution is 1.38. The van der Waals surface area contributed by atoms with E-state index in [1.807, 2.05) is 30.3 Å². The van der Waals surface area contributed by atoms with Crippen molar-refractivity contribution < 1.29 is 0 Å². The summed E-state index contributed by atoms with van der Waals surface area (Å²) < 4.78 is 1.10. The number of anilines is 1. The minimum Gasteiger partial charge on any atom is -0.374 e. The van der Waals surface area contributed by atoms with Crippen molar-refractivity contribution >= 4 is 32.4 Å². The van der Waals surface area contributed by atoms with Crippen LogP contribution in [0.2, 0.25) is 0 Å². The molecular weight excluding hydrogens is 322 g/mol. The highest BCUT2D eigenvalue weighted by Gasteiger charge is 1.96. The first-order valence-electron chi connectivity index (χ1n) is 6.78. The van der Waals surface area contributed by atoms with Crippen LogP contribution in [0.25, 0.3) is 10.8 Å². The van der Waals surface area contributed by atoms with E-state index in [4.69, 9.17) is 0 Å². The molecule has 0 aliphatic heterocycles. The normalized spacial score (nSPS) is 9.95. The third-order valence-corrected chi connectivity index (χ3v) is 3.68. The molecule has 3 aromatic rings. The predicted octanol–water partition coefficient (Wildman–Crippen LogP) is 5.07. The maximum Gasteiger partial charge on any atom is 0.0769 e. The number of nitrogens with one attached hydrogen (secondary N) is 1. The Kier molecular flexibility index (Phi) is 4.23. The van der Waals surface area contributed by atoms with E-state index in [-0.39, 0.29) is 0 Å². The number of hydrogen-bond acceptors (Lipinski definition) is 1. The van der Waals surface area contributed by atoms with Crippen LogP contribution in [0.4, 0.5) is 5.69 Å². The van der Waals surface area contributed by atoms with E-state index in [1.54, 1.807) is 0 Å². The van der Waals surface area contributed by atoms with Crippen LogP contribution in [0.5, 0.6) is 0 Å². The first kappa shape index (κ1) is 13.7. The summed E-state index contributed by atoms with van der Waals surface area (Å²) in [5.74, 6) is 6.28. The van der Waals surface area contributed by atoms with Crippen LogP contribution in [0, 0.1) is 11.8 Å². The van der Waals surface area contributed by atoms with Crippen LogP contribution in [0.15, 0.2) is 71.2 Å². The van der Waals surface area contributed by atoms with Crippen LogP contribution in [-0.2, 0) is 0 Å². The summed E-state index contributed by atoms with van der Waals surface area (Å²) in [6.45, 7) is 0.636. The smallest absolute Gasteiger partial charge is 0.0769 e. The number of fused-ring (bicyclic) bond motifs is 1. The van der Waals surface area contributed by atoms with Gasteiger partial charge in [-0.2, -0.15) is 0 Å². The lowest BCUT2D eigenvalue weighted by atomic mass is 10.1. The monoisotopic (exact) mass is 335 g/mol. The lowest BCUT2D eigenvalue weighted by Gasteiger charge is -2.05. The van der Waals surface area contributed by atoms with Gasteiger partial charge in [-0.15, -0.1) is 0 Å². The van der Waals surface area contributed by atoms with E-state index < -0.39 is 0 Å². The summed E-state index contributed by atoms with van der Waals surface area (Å²) in [7, 11) is 0. The first-order chi connectivity index (χ1) is 10.3. The average molecular weight is 336 g/mol. The van der Waals surface area contributed by atoms with Gasteiger partial charge in [0.05, 0.1) is 6.54 Å². The lowest BCUT2D eigenvalue weighted by Crippen LogP contribution is -1.98. The van der Waals surface area contributed by atoms with Crippen LogP contribution >= 0.6 is 15.9 Å². The molecule has 102 valence electrons. The molecule has 0 atom stereocenters. The van der Waals surface area contributed by atoms with Gasteiger partial charge in [-0.3, -0.25) is 0 Å². The molecule has 0 spiro atoms. The Morgan fingerprint density at radius 2 is 1.62 bits per heavy atom. The van der Waals surface area contributed by atoms with E-state index in [0.717, 1.165) is 15.7 Å². The SMILES string of the molecule is Brc1ccc2cc(NCC#Cc3ccccc3)ccc2c1. The van der Waals surface area contributed by atoms with Crippen molar-refractivity contribution in [3.63, 3.8) is 0 Å². The van der Waals surface area contributed by atoms with Crippen molar-refractivity contribution in [2.45, 2.75) is 0 Å². The second-order valence-corrected chi connectivity index (χ2v) is 5.64. The topological polar surface area (TPSA) is 12.0 Å². The molecule has 0 unspecified atom stereocenters. The largest absolute Gasteiger partial charge is 0.374 e. The van der Waals surface area contributed by atoms with E-state index in [0.29, 0.717) is 6.54 Å². The van der Waals surface area contributed by atoms with Crippen molar-refractivity contribution in [3.8, 4) is 11.8 Å². The highest BCUT2D eigenvalue weighted by molar-refractivity contribution is 9.10. The molecule has 0 saturated carbocycles. The first-order valence-corrected chi connectivity index (χ1v) is 7.58. The number of benzene rings is 3. The Balaban J connectivity index is 1.68. The van der Waals surface area contributed by atoms with Gasteiger partial charge in [0.25, 0.3) is 0 Å². The molecule has 0 aliphatic carbocycles. The van der Waals surface area contributed by atoms with Crippen molar-refractivity contribution in [2.75, 3.05) is 11.9 Å². The molecule has 0 aromatic heterocycles. The summed E-state index contributed by atoms with van der Waals surface area (Å²) in [5, 5.41) is 5.78. The Morgan fingerprint density at radius 1 is 0.857 bits per heavy atom. The molecule has 0 radical (unpaired) electrons. The zero-order chi connectivity index (χ0) is 14.5. The highest BCUT2D eigenvalue weighted by atomic mass is 79.9.